The van der Waals surface area contributed by atoms with Gasteiger partial charge in [-0.3, -0.25) is 0 Å². The fourth-order valence-electron chi connectivity index (χ4n) is 0.656. The minimum absolute atomic E-state index is 0.177. The highest BCUT2D eigenvalue weighted by molar-refractivity contribution is 4.78. The van der Waals surface area contributed by atoms with Gasteiger partial charge in [0.2, 0.25) is 0 Å². The summed E-state index contributed by atoms with van der Waals surface area (Å²) in [6.07, 6.45) is -1.16. The van der Waals surface area contributed by atoms with E-state index in [0.29, 0.717) is 5.82 Å². The first-order valence-corrected chi connectivity index (χ1v) is 3.09. The van der Waals surface area contributed by atoms with Gasteiger partial charge < -0.3 is 5.73 Å². The predicted molar refractivity (Wildman–Crippen MR) is 33.9 cm³/mol. The van der Waals surface area contributed by atoms with E-state index in [9.17, 15) is 8.78 Å². The molecule has 0 radical (unpaired) electrons. The largest absolute Gasteiger partial charge is 0.324 e. The first kappa shape index (κ1) is 8.06. The fraction of sp³-hybridized carbons (Fsp3) is 0.600. The van der Waals surface area contributed by atoms with Crippen molar-refractivity contribution in [3.05, 3.63) is 12.2 Å². The minimum atomic E-state index is -2.40. The molecule has 0 spiro atoms. The molecule has 1 aromatic heterocycles. The van der Waals surface area contributed by atoms with E-state index in [1.54, 1.807) is 0 Å². The van der Waals surface area contributed by atoms with E-state index in [1.807, 2.05) is 0 Å². The molecule has 62 valence electrons. The second kappa shape index (κ2) is 3.38. The number of alkyl halides is 2. The van der Waals surface area contributed by atoms with Crippen LogP contribution in [0.5, 0.6) is 0 Å². The number of hydrogen-bond acceptors (Lipinski definition) is 3. The summed E-state index contributed by atoms with van der Waals surface area (Å²) < 4.78 is 24.5. The molecule has 1 rings (SSSR count). The van der Waals surface area contributed by atoms with Crippen LogP contribution in [0.2, 0.25) is 0 Å². The lowest BCUT2D eigenvalue weighted by atomic mass is 10.6. The molecular formula is C5H8F2N4. The van der Waals surface area contributed by atoms with Crippen LogP contribution in [0.4, 0.5) is 8.78 Å². The van der Waals surface area contributed by atoms with Crippen molar-refractivity contribution < 1.29 is 8.78 Å². The Bertz CT molecular complexity index is 222. The molecule has 1 aromatic rings. The fourth-order valence-corrected chi connectivity index (χ4v) is 0.656. The van der Waals surface area contributed by atoms with Crippen LogP contribution >= 0.6 is 0 Å². The van der Waals surface area contributed by atoms with Crippen LogP contribution in [-0.2, 0) is 13.1 Å². The van der Waals surface area contributed by atoms with E-state index in [1.165, 1.54) is 6.33 Å². The highest BCUT2D eigenvalue weighted by Gasteiger charge is 2.05. The maximum atomic E-state index is 11.7. The zero-order valence-electron chi connectivity index (χ0n) is 5.74. The zero-order valence-corrected chi connectivity index (χ0v) is 5.74. The Morgan fingerprint density at radius 1 is 1.64 bits per heavy atom. The first-order valence-electron chi connectivity index (χ1n) is 3.09. The van der Waals surface area contributed by atoms with Crippen LogP contribution in [0, 0.1) is 0 Å². The Balaban J connectivity index is 2.58. The Morgan fingerprint density at radius 3 is 2.82 bits per heavy atom. The molecule has 0 fully saturated rings. The molecule has 1 heterocycles. The van der Waals surface area contributed by atoms with Crippen LogP contribution in [-0.4, -0.2) is 21.2 Å². The summed E-state index contributed by atoms with van der Waals surface area (Å²) in [5.74, 6) is 0.380. The van der Waals surface area contributed by atoms with Crippen molar-refractivity contribution in [3.63, 3.8) is 0 Å². The maximum Gasteiger partial charge on any atom is 0.257 e. The second-order valence-electron chi connectivity index (χ2n) is 1.98. The first-order chi connectivity index (χ1) is 5.22. The summed E-state index contributed by atoms with van der Waals surface area (Å²) in [4.78, 5) is 3.68. The van der Waals surface area contributed by atoms with Crippen molar-refractivity contribution in [2.75, 3.05) is 0 Å². The van der Waals surface area contributed by atoms with Gasteiger partial charge in [0.15, 0.2) is 5.82 Å². The highest BCUT2D eigenvalue weighted by Crippen LogP contribution is 1.96. The average molecular weight is 162 g/mol. The van der Waals surface area contributed by atoms with E-state index in [2.05, 4.69) is 10.1 Å². The van der Waals surface area contributed by atoms with E-state index >= 15 is 0 Å². The monoisotopic (exact) mass is 162 g/mol. The van der Waals surface area contributed by atoms with Gasteiger partial charge in [-0.25, -0.2) is 18.4 Å². The topological polar surface area (TPSA) is 56.7 Å². The van der Waals surface area contributed by atoms with Gasteiger partial charge in [0, 0.05) is 0 Å². The molecule has 0 aliphatic carbocycles. The van der Waals surface area contributed by atoms with Crippen molar-refractivity contribution >= 4 is 0 Å². The van der Waals surface area contributed by atoms with Crippen LogP contribution in [0.3, 0.4) is 0 Å². The molecule has 0 aliphatic heterocycles. The summed E-state index contributed by atoms with van der Waals surface area (Å²) in [5, 5.41) is 3.67. The smallest absolute Gasteiger partial charge is 0.257 e. The van der Waals surface area contributed by atoms with Crippen LogP contribution in [0.1, 0.15) is 5.82 Å². The Morgan fingerprint density at radius 2 is 2.36 bits per heavy atom. The van der Waals surface area contributed by atoms with Crippen molar-refractivity contribution in [1.82, 2.24) is 14.8 Å². The van der Waals surface area contributed by atoms with E-state index in [0.717, 1.165) is 4.68 Å². The molecule has 2 N–H and O–H groups in total. The summed E-state index contributed by atoms with van der Waals surface area (Å²) in [6.45, 7) is -0.247. The predicted octanol–water partition coefficient (Wildman–Crippen LogP) is 0.00190. The Kier molecular flexibility index (Phi) is 2.48. The molecule has 11 heavy (non-hydrogen) atoms. The minimum Gasteiger partial charge on any atom is -0.324 e. The SMILES string of the molecule is NCc1ncn(CC(F)F)n1. The van der Waals surface area contributed by atoms with E-state index < -0.39 is 13.0 Å². The number of nitrogens with zero attached hydrogens (tertiary/aromatic N) is 3. The molecule has 0 atom stereocenters. The number of rotatable bonds is 3. The third kappa shape index (κ3) is 2.23. The second-order valence-corrected chi connectivity index (χ2v) is 1.98. The molecule has 0 saturated carbocycles. The van der Waals surface area contributed by atoms with Crippen LogP contribution in [0.25, 0.3) is 0 Å². The normalized spacial score (nSPS) is 10.9. The van der Waals surface area contributed by atoms with E-state index in [4.69, 9.17) is 5.73 Å². The van der Waals surface area contributed by atoms with Crippen molar-refractivity contribution in [3.8, 4) is 0 Å². The maximum absolute atomic E-state index is 11.7. The van der Waals surface area contributed by atoms with Crippen LogP contribution < -0.4 is 5.73 Å². The number of aromatic nitrogens is 3. The lowest BCUT2D eigenvalue weighted by Crippen LogP contribution is -2.08. The summed E-state index contributed by atoms with van der Waals surface area (Å²) in [5.41, 5.74) is 5.17. The lowest BCUT2D eigenvalue weighted by molar-refractivity contribution is 0.121. The van der Waals surface area contributed by atoms with Gasteiger partial charge in [0.1, 0.15) is 12.9 Å². The summed E-state index contributed by atoms with van der Waals surface area (Å²) >= 11 is 0. The standard InChI is InChI=1S/C5H8F2N4/c6-4(7)2-11-3-9-5(1-8)10-11/h3-4H,1-2,8H2. The van der Waals surface area contributed by atoms with Gasteiger partial charge >= 0.3 is 0 Å². The summed E-state index contributed by atoms with van der Waals surface area (Å²) in [6, 6.07) is 0. The molecule has 4 nitrogen and oxygen atoms in total. The molecular weight excluding hydrogens is 154 g/mol. The Hall–Kier alpha value is -1.04. The number of halogens is 2. The van der Waals surface area contributed by atoms with Gasteiger partial charge in [0.05, 0.1) is 6.54 Å². The average Bonchev–Trinajstić information content (AvgIpc) is 2.34. The third-order valence-electron chi connectivity index (χ3n) is 1.09. The highest BCUT2D eigenvalue weighted by atomic mass is 19.3. The third-order valence-corrected chi connectivity index (χ3v) is 1.09. The molecule has 0 unspecified atom stereocenters. The molecule has 0 aromatic carbocycles. The quantitative estimate of drug-likeness (QED) is 0.680. The number of nitrogens with two attached hydrogens (primary N) is 1. The molecule has 0 aliphatic rings. The van der Waals surface area contributed by atoms with Crippen LogP contribution in [0.15, 0.2) is 6.33 Å². The van der Waals surface area contributed by atoms with Gasteiger partial charge in [0.25, 0.3) is 6.43 Å². The zero-order chi connectivity index (χ0) is 8.27. The van der Waals surface area contributed by atoms with Crippen molar-refractivity contribution in [2.45, 2.75) is 19.5 Å². The Labute approximate surface area is 62.0 Å². The van der Waals surface area contributed by atoms with E-state index in [-0.39, 0.29) is 6.54 Å². The molecule has 0 saturated heterocycles. The molecule has 0 bridgehead atoms. The van der Waals surface area contributed by atoms with Gasteiger partial charge in [-0.2, -0.15) is 5.10 Å². The van der Waals surface area contributed by atoms with Crippen molar-refractivity contribution in [1.29, 1.82) is 0 Å². The molecule has 6 heteroatoms. The van der Waals surface area contributed by atoms with Gasteiger partial charge in [-0.1, -0.05) is 0 Å². The van der Waals surface area contributed by atoms with Gasteiger partial charge in [-0.05, 0) is 0 Å². The lowest BCUT2D eigenvalue weighted by Gasteiger charge is -1.96. The van der Waals surface area contributed by atoms with Crippen molar-refractivity contribution in [2.24, 2.45) is 5.73 Å². The van der Waals surface area contributed by atoms with Gasteiger partial charge in [-0.15, -0.1) is 0 Å². The number of hydrogen-bond donors (Lipinski definition) is 1. The molecule has 0 amide bonds. The summed E-state index contributed by atoms with van der Waals surface area (Å²) in [7, 11) is 0.